The van der Waals surface area contributed by atoms with Gasteiger partial charge in [0, 0.05) is 6.61 Å². The van der Waals surface area contributed by atoms with E-state index in [2.05, 4.69) is 6.58 Å². The predicted molar refractivity (Wildman–Crippen MR) is 43.7 cm³/mol. The summed E-state index contributed by atoms with van der Waals surface area (Å²) in [6.07, 6.45) is 3.92. The van der Waals surface area contributed by atoms with Crippen molar-refractivity contribution < 1.29 is 5.11 Å². The summed E-state index contributed by atoms with van der Waals surface area (Å²) in [6.45, 7) is 4.80. The number of rotatable bonds is 6. The van der Waals surface area contributed by atoms with Gasteiger partial charge in [-0.2, -0.15) is 0 Å². The highest BCUT2D eigenvalue weighted by Gasteiger charge is 1.92. The molecule has 0 rings (SSSR count). The average molecular weight is 143 g/mol. The molecule has 0 saturated heterocycles. The van der Waals surface area contributed by atoms with E-state index in [1.165, 1.54) is 0 Å². The minimum absolute atomic E-state index is 0.224. The summed E-state index contributed by atoms with van der Waals surface area (Å²) in [6, 6.07) is 0. The Hall–Kier alpha value is -0.340. The molecular weight excluding hydrogens is 126 g/mol. The van der Waals surface area contributed by atoms with Gasteiger partial charge in [-0.3, -0.25) is 0 Å². The van der Waals surface area contributed by atoms with Crippen molar-refractivity contribution in [3.63, 3.8) is 0 Å². The van der Waals surface area contributed by atoms with Crippen LogP contribution in [0.2, 0.25) is 0 Å². The molecule has 0 atom stereocenters. The fourth-order valence-corrected chi connectivity index (χ4v) is 0.802. The molecule has 0 heterocycles. The van der Waals surface area contributed by atoms with Gasteiger partial charge >= 0.3 is 0 Å². The summed E-state index contributed by atoms with van der Waals surface area (Å²) in [5.74, 6) is 0. The molecule has 0 saturated carbocycles. The fourth-order valence-electron chi connectivity index (χ4n) is 0.802. The highest BCUT2D eigenvalue weighted by atomic mass is 16.2. The number of aliphatic hydroxyl groups excluding tert-OH is 1. The van der Waals surface area contributed by atoms with Crippen molar-refractivity contribution in [3.05, 3.63) is 12.2 Å². The summed E-state index contributed by atoms with van der Waals surface area (Å²) >= 11 is 0. The van der Waals surface area contributed by atoms with E-state index in [1.807, 2.05) is 0 Å². The van der Waals surface area contributed by atoms with Crippen LogP contribution in [0.5, 0.6) is 0 Å². The predicted octanol–water partition coefficient (Wildman–Crippen LogP) is 1.05. The molecule has 0 bridgehead atoms. The highest BCUT2D eigenvalue weighted by molar-refractivity contribution is 4.93. The van der Waals surface area contributed by atoms with Crippen LogP contribution in [0.4, 0.5) is 0 Å². The summed E-state index contributed by atoms with van der Waals surface area (Å²) < 4.78 is 0. The van der Waals surface area contributed by atoms with Crippen molar-refractivity contribution in [3.8, 4) is 0 Å². The molecule has 0 aromatic rings. The van der Waals surface area contributed by atoms with Gasteiger partial charge in [-0.05, 0) is 32.2 Å². The highest BCUT2D eigenvalue weighted by Crippen LogP contribution is 2.07. The van der Waals surface area contributed by atoms with Gasteiger partial charge in [0.2, 0.25) is 0 Å². The Bertz CT molecular complexity index is 91.3. The Labute approximate surface area is 62.7 Å². The average Bonchev–Trinajstić information content (AvgIpc) is 1.89. The maximum atomic E-state index is 8.51. The molecule has 0 aliphatic carbocycles. The first-order valence-electron chi connectivity index (χ1n) is 3.79. The second-order valence-electron chi connectivity index (χ2n) is 2.47. The van der Waals surface area contributed by atoms with Crippen molar-refractivity contribution >= 4 is 0 Å². The molecule has 10 heavy (non-hydrogen) atoms. The zero-order valence-corrected chi connectivity index (χ0v) is 6.47. The van der Waals surface area contributed by atoms with Crippen molar-refractivity contribution in [1.29, 1.82) is 0 Å². The normalized spacial score (nSPS) is 9.80. The minimum Gasteiger partial charge on any atom is -0.396 e. The van der Waals surface area contributed by atoms with Gasteiger partial charge in [-0.1, -0.05) is 12.2 Å². The van der Waals surface area contributed by atoms with E-state index in [0.29, 0.717) is 0 Å². The van der Waals surface area contributed by atoms with E-state index in [4.69, 9.17) is 10.8 Å². The third-order valence-corrected chi connectivity index (χ3v) is 1.45. The first-order chi connectivity index (χ1) is 4.81. The topological polar surface area (TPSA) is 46.2 Å². The van der Waals surface area contributed by atoms with E-state index in [-0.39, 0.29) is 6.61 Å². The Balaban J connectivity index is 3.05. The summed E-state index contributed by atoms with van der Waals surface area (Å²) in [5.41, 5.74) is 6.44. The number of nitrogens with two attached hydrogens (primary N) is 1. The van der Waals surface area contributed by atoms with Gasteiger partial charge < -0.3 is 10.8 Å². The van der Waals surface area contributed by atoms with Crippen LogP contribution in [-0.2, 0) is 0 Å². The molecule has 0 radical (unpaired) electrons. The zero-order valence-electron chi connectivity index (χ0n) is 6.47. The Morgan fingerprint density at radius 2 is 2.00 bits per heavy atom. The van der Waals surface area contributed by atoms with Gasteiger partial charge in [-0.15, -0.1) is 0 Å². The molecule has 0 spiro atoms. The van der Waals surface area contributed by atoms with E-state index >= 15 is 0 Å². The van der Waals surface area contributed by atoms with E-state index in [9.17, 15) is 0 Å². The van der Waals surface area contributed by atoms with Gasteiger partial charge in [-0.25, -0.2) is 0 Å². The van der Waals surface area contributed by atoms with Crippen molar-refractivity contribution in [2.45, 2.75) is 25.7 Å². The maximum absolute atomic E-state index is 8.51. The van der Waals surface area contributed by atoms with E-state index in [0.717, 1.165) is 37.8 Å². The SMILES string of the molecule is C=C(CCO)CCCCN. The molecular formula is C8H17NO. The van der Waals surface area contributed by atoms with Crippen LogP contribution in [-0.4, -0.2) is 18.3 Å². The molecule has 0 aromatic heterocycles. The van der Waals surface area contributed by atoms with Gasteiger partial charge in [0.05, 0.1) is 0 Å². The number of aliphatic hydroxyl groups is 1. The first-order valence-corrected chi connectivity index (χ1v) is 3.79. The van der Waals surface area contributed by atoms with Crippen LogP contribution in [0.3, 0.4) is 0 Å². The lowest BCUT2D eigenvalue weighted by Gasteiger charge is -2.01. The number of hydrogen-bond donors (Lipinski definition) is 2. The molecule has 0 aromatic carbocycles. The van der Waals surface area contributed by atoms with Crippen LogP contribution >= 0.6 is 0 Å². The van der Waals surface area contributed by atoms with Crippen LogP contribution in [0.25, 0.3) is 0 Å². The third kappa shape index (κ3) is 5.79. The monoisotopic (exact) mass is 143 g/mol. The standard InChI is InChI=1S/C8H17NO/c1-8(5-7-10)4-2-3-6-9/h10H,1-7,9H2. The van der Waals surface area contributed by atoms with Gasteiger partial charge in [0.15, 0.2) is 0 Å². The second kappa shape index (κ2) is 6.78. The lowest BCUT2D eigenvalue weighted by atomic mass is 10.1. The summed E-state index contributed by atoms with van der Waals surface area (Å²) in [5, 5.41) is 8.51. The lowest BCUT2D eigenvalue weighted by molar-refractivity contribution is 0.298. The smallest absolute Gasteiger partial charge is 0.0468 e. The summed E-state index contributed by atoms with van der Waals surface area (Å²) in [7, 11) is 0. The molecule has 0 aliphatic rings. The van der Waals surface area contributed by atoms with Crippen LogP contribution < -0.4 is 5.73 Å². The lowest BCUT2D eigenvalue weighted by Crippen LogP contribution is -1.98. The van der Waals surface area contributed by atoms with E-state index in [1.54, 1.807) is 0 Å². The quantitative estimate of drug-likeness (QED) is 0.431. The van der Waals surface area contributed by atoms with Crippen LogP contribution in [0.15, 0.2) is 12.2 Å². The van der Waals surface area contributed by atoms with Crippen molar-refractivity contribution in [2.75, 3.05) is 13.2 Å². The molecule has 60 valence electrons. The van der Waals surface area contributed by atoms with E-state index < -0.39 is 0 Å². The first kappa shape index (κ1) is 9.66. The molecule has 0 unspecified atom stereocenters. The Kier molecular flexibility index (Phi) is 6.55. The third-order valence-electron chi connectivity index (χ3n) is 1.45. The second-order valence-corrected chi connectivity index (χ2v) is 2.47. The van der Waals surface area contributed by atoms with Crippen LogP contribution in [0.1, 0.15) is 25.7 Å². The molecule has 2 heteroatoms. The molecule has 0 amide bonds. The molecule has 2 nitrogen and oxygen atoms in total. The number of hydrogen-bond acceptors (Lipinski definition) is 2. The number of unbranched alkanes of at least 4 members (excludes halogenated alkanes) is 1. The Morgan fingerprint density at radius 3 is 2.50 bits per heavy atom. The summed E-state index contributed by atoms with van der Waals surface area (Å²) in [4.78, 5) is 0. The van der Waals surface area contributed by atoms with Gasteiger partial charge in [0.25, 0.3) is 0 Å². The fraction of sp³-hybridized carbons (Fsp3) is 0.750. The molecule has 0 aliphatic heterocycles. The van der Waals surface area contributed by atoms with Crippen molar-refractivity contribution in [1.82, 2.24) is 0 Å². The van der Waals surface area contributed by atoms with Gasteiger partial charge in [0.1, 0.15) is 0 Å². The largest absolute Gasteiger partial charge is 0.396 e. The Morgan fingerprint density at radius 1 is 1.30 bits per heavy atom. The van der Waals surface area contributed by atoms with Crippen molar-refractivity contribution in [2.24, 2.45) is 5.73 Å². The molecule has 3 N–H and O–H groups in total. The zero-order chi connectivity index (χ0) is 7.82. The van der Waals surface area contributed by atoms with Crippen LogP contribution in [0, 0.1) is 0 Å². The maximum Gasteiger partial charge on any atom is 0.0468 e. The molecule has 0 fully saturated rings. The minimum atomic E-state index is 0.224.